The molecule has 0 bridgehead atoms. The maximum atomic E-state index is 13.1. The van der Waals surface area contributed by atoms with E-state index in [9.17, 15) is 9.18 Å². The lowest BCUT2D eigenvalue weighted by molar-refractivity contribution is -0.121. The molecule has 0 aromatic heterocycles. The molecule has 0 fully saturated rings. The van der Waals surface area contributed by atoms with E-state index in [-0.39, 0.29) is 11.7 Å². The van der Waals surface area contributed by atoms with Gasteiger partial charge in [0, 0.05) is 18.5 Å². The molecule has 5 heteroatoms. The van der Waals surface area contributed by atoms with E-state index < -0.39 is 0 Å². The Morgan fingerprint density at radius 2 is 1.96 bits per heavy atom. The SMILES string of the molecule is COc1ccc(OC)c(CNC(=O)CCc2cccc(F)c2)c1. The predicted molar refractivity (Wildman–Crippen MR) is 86.1 cm³/mol. The molecule has 2 aromatic rings. The topological polar surface area (TPSA) is 47.6 Å². The molecule has 1 N–H and O–H groups in total. The first-order valence-electron chi connectivity index (χ1n) is 7.34. The van der Waals surface area contributed by atoms with Crippen LogP contribution in [-0.4, -0.2) is 20.1 Å². The van der Waals surface area contributed by atoms with Crippen LogP contribution in [0.15, 0.2) is 42.5 Å². The fraction of sp³-hybridized carbons (Fsp3) is 0.278. The van der Waals surface area contributed by atoms with Gasteiger partial charge in [-0.3, -0.25) is 4.79 Å². The quantitative estimate of drug-likeness (QED) is 0.853. The summed E-state index contributed by atoms with van der Waals surface area (Å²) in [5.41, 5.74) is 1.64. The van der Waals surface area contributed by atoms with Crippen LogP contribution in [0.3, 0.4) is 0 Å². The van der Waals surface area contributed by atoms with Crippen molar-refractivity contribution in [1.29, 1.82) is 0 Å². The number of carbonyl (C=O) groups is 1. The van der Waals surface area contributed by atoms with Gasteiger partial charge in [0.25, 0.3) is 0 Å². The Hall–Kier alpha value is -2.56. The van der Waals surface area contributed by atoms with E-state index in [0.29, 0.717) is 30.9 Å². The highest BCUT2D eigenvalue weighted by Gasteiger charge is 2.08. The second-order valence-electron chi connectivity index (χ2n) is 5.08. The van der Waals surface area contributed by atoms with Crippen molar-refractivity contribution in [3.8, 4) is 11.5 Å². The molecule has 0 saturated heterocycles. The second kappa shape index (κ2) is 8.17. The van der Waals surface area contributed by atoms with Crippen molar-refractivity contribution < 1.29 is 18.7 Å². The van der Waals surface area contributed by atoms with Crippen LogP contribution in [0.1, 0.15) is 17.5 Å². The third-order valence-corrected chi connectivity index (χ3v) is 3.49. The third-order valence-electron chi connectivity index (χ3n) is 3.49. The summed E-state index contributed by atoms with van der Waals surface area (Å²) in [5.74, 6) is 1.01. The first kappa shape index (κ1) is 16.8. The molecule has 0 spiro atoms. The molecule has 0 heterocycles. The van der Waals surface area contributed by atoms with Gasteiger partial charge in [-0.05, 0) is 42.3 Å². The van der Waals surface area contributed by atoms with Crippen molar-refractivity contribution in [2.45, 2.75) is 19.4 Å². The van der Waals surface area contributed by atoms with E-state index in [2.05, 4.69) is 5.32 Å². The number of hydrogen-bond acceptors (Lipinski definition) is 3. The minimum atomic E-state index is -0.288. The highest BCUT2D eigenvalue weighted by Crippen LogP contribution is 2.23. The molecule has 122 valence electrons. The average Bonchev–Trinajstić information content (AvgIpc) is 2.57. The van der Waals surface area contributed by atoms with Crippen molar-refractivity contribution in [3.63, 3.8) is 0 Å². The van der Waals surface area contributed by atoms with Gasteiger partial charge in [0.15, 0.2) is 0 Å². The van der Waals surface area contributed by atoms with Crippen LogP contribution in [0, 0.1) is 5.82 Å². The fourth-order valence-corrected chi connectivity index (χ4v) is 2.25. The smallest absolute Gasteiger partial charge is 0.220 e. The number of aryl methyl sites for hydroxylation is 1. The van der Waals surface area contributed by atoms with Gasteiger partial charge in [0.1, 0.15) is 17.3 Å². The van der Waals surface area contributed by atoms with E-state index in [4.69, 9.17) is 9.47 Å². The lowest BCUT2D eigenvalue weighted by Crippen LogP contribution is -2.23. The minimum absolute atomic E-state index is 0.0980. The van der Waals surface area contributed by atoms with E-state index >= 15 is 0 Å². The summed E-state index contributed by atoms with van der Waals surface area (Å²) in [6.07, 6.45) is 0.800. The Morgan fingerprint density at radius 3 is 2.65 bits per heavy atom. The highest BCUT2D eigenvalue weighted by atomic mass is 19.1. The molecular formula is C18H20FNO3. The van der Waals surface area contributed by atoms with Gasteiger partial charge in [-0.1, -0.05) is 12.1 Å². The van der Waals surface area contributed by atoms with Crippen LogP contribution in [-0.2, 0) is 17.8 Å². The number of methoxy groups -OCH3 is 2. The molecule has 4 nitrogen and oxygen atoms in total. The van der Waals surface area contributed by atoms with Crippen LogP contribution in [0.2, 0.25) is 0 Å². The number of amides is 1. The van der Waals surface area contributed by atoms with Crippen molar-refractivity contribution in [2.75, 3.05) is 14.2 Å². The molecule has 0 saturated carbocycles. The molecule has 1 amide bonds. The summed E-state index contributed by atoms with van der Waals surface area (Å²) in [7, 11) is 3.17. The zero-order valence-corrected chi connectivity index (χ0v) is 13.3. The van der Waals surface area contributed by atoms with E-state index in [0.717, 1.165) is 11.1 Å². The van der Waals surface area contributed by atoms with Gasteiger partial charge in [-0.15, -0.1) is 0 Å². The standard InChI is InChI=1S/C18H20FNO3/c1-22-16-7-8-17(23-2)14(11-16)12-20-18(21)9-6-13-4-3-5-15(19)10-13/h3-5,7-8,10-11H,6,9,12H2,1-2H3,(H,20,21). The number of carbonyl (C=O) groups excluding carboxylic acids is 1. The van der Waals surface area contributed by atoms with Gasteiger partial charge in [0.05, 0.1) is 14.2 Å². The zero-order chi connectivity index (χ0) is 16.7. The lowest BCUT2D eigenvalue weighted by Gasteiger charge is -2.11. The molecule has 0 aliphatic carbocycles. The summed E-state index contributed by atoms with van der Waals surface area (Å²) in [6.45, 7) is 0.350. The normalized spacial score (nSPS) is 10.2. The van der Waals surface area contributed by atoms with Crippen molar-refractivity contribution in [2.24, 2.45) is 0 Å². The zero-order valence-electron chi connectivity index (χ0n) is 13.3. The molecule has 23 heavy (non-hydrogen) atoms. The van der Waals surface area contributed by atoms with Crippen molar-refractivity contribution in [1.82, 2.24) is 5.32 Å². The highest BCUT2D eigenvalue weighted by molar-refractivity contribution is 5.76. The summed E-state index contributed by atoms with van der Waals surface area (Å²) in [5, 5.41) is 2.84. The maximum Gasteiger partial charge on any atom is 0.220 e. The number of halogens is 1. The fourth-order valence-electron chi connectivity index (χ4n) is 2.25. The van der Waals surface area contributed by atoms with Crippen LogP contribution < -0.4 is 14.8 Å². The van der Waals surface area contributed by atoms with Crippen LogP contribution in [0.4, 0.5) is 4.39 Å². The van der Waals surface area contributed by atoms with Gasteiger partial charge < -0.3 is 14.8 Å². The van der Waals surface area contributed by atoms with Gasteiger partial charge in [0.2, 0.25) is 5.91 Å². The lowest BCUT2D eigenvalue weighted by atomic mass is 10.1. The summed E-state index contributed by atoms with van der Waals surface area (Å²) < 4.78 is 23.5. The largest absolute Gasteiger partial charge is 0.497 e. The second-order valence-corrected chi connectivity index (χ2v) is 5.08. The molecule has 0 atom stereocenters. The molecule has 0 aliphatic rings. The van der Waals surface area contributed by atoms with Gasteiger partial charge >= 0.3 is 0 Å². The number of nitrogens with one attached hydrogen (secondary N) is 1. The van der Waals surface area contributed by atoms with E-state index in [1.165, 1.54) is 12.1 Å². The number of rotatable bonds is 7. The first-order chi connectivity index (χ1) is 11.1. The Labute approximate surface area is 135 Å². The Balaban J connectivity index is 1.89. The molecule has 0 aliphatic heterocycles. The molecule has 0 radical (unpaired) electrons. The minimum Gasteiger partial charge on any atom is -0.497 e. The maximum absolute atomic E-state index is 13.1. The van der Waals surface area contributed by atoms with Crippen molar-refractivity contribution in [3.05, 3.63) is 59.4 Å². The van der Waals surface area contributed by atoms with Gasteiger partial charge in [-0.2, -0.15) is 0 Å². The number of ether oxygens (including phenoxy) is 2. The van der Waals surface area contributed by atoms with Crippen LogP contribution in [0.25, 0.3) is 0 Å². The van der Waals surface area contributed by atoms with Crippen LogP contribution >= 0.6 is 0 Å². The average molecular weight is 317 g/mol. The number of benzene rings is 2. The predicted octanol–water partition coefficient (Wildman–Crippen LogP) is 3.09. The number of hydrogen-bond donors (Lipinski definition) is 1. The monoisotopic (exact) mass is 317 g/mol. The Bertz CT molecular complexity index is 673. The van der Waals surface area contributed by atoms with E-state index in [1.54, 1.807) is 38.5 Å². The first-order valence-corrected chi connectivity index (χ1v) is 7.34. The summed E-state index contributed by atoms with van der Waals surface area (Å²) in [6, 6.07) is 11.7. The Kier molecular flexibility index (Phi) is 5.97. The molecule has 0 unspecified atom stereocenters. The van der Waals surface area contributed by atoms with Crippen molar-refractivity contribution >= 4 is 5.91 Å². The summed E-state index contributed by atoms with van der Waals surface area (Å²) >= 11 is 0. The molecule has 2 rings (SSSR count). The van der Waals surface area contributed by atoms with Gasteiger partial charge in [-0.25, -0.2) is 4.39 Å². The summed E-state index contributed by atoms with van der Waals surface area (Å²) in [4.78, 5) is 12.0. The third kappa shape index (κ3) is 4.98. The Morgan fingerprint density at radius 1 is 1.13 bits per heavy atom. The molecule has 2 aromatic carbocycles. The van der Waals surface area contributed by atoms with Crippen LogP contribution in [0.5, 0.6) is 11.5 Å². The van der Waals surface area contributed by atoms with E-state index in [1.807, 2.05) is 6.07 Å². The molecular weight excluding hydrogens is 297 g/mol.